The molecule has 1 aromatic carbocycles. The van der Waals surface area contributed by atoms with Crippen molar-refractivity contribution < 1.29 is 19.8 Å². The molecule has 0 atom stereocenters. The van der Waals surface area contributed by atoms with E-state index in [9.17, 15) is 0 Å². The Hall–Kier alpha value is -2.04. The predicted molar refractivity (Wildman–Crippen MR) is 60.3 cm³/mol. The van der Waals surface area contributed by atoms with Crippen LogP contribution >= 0.6 is 0 Å². The molecule has 0 fully saturated rings. The van der Waals surface area contributed by atoms with Crippen molar-refractivity contribution >= 4 is 17.6 Å². The summed E-state index contributed by atoms with van der Waals surface area (Å²) in [6.45, 7) is 6.25. The van der Waals surface area contributed by atoms with Crippen LogP contribution in [0.4, 0.5) is 5.69 Å². The predicted octanol–water partition coefficient (Wildman–Crippen LogP) is 1.35. The van der Waals surface area contributed by atoms with Gasteiger partial charge in [-0.15, -0.1) is 0 Å². The normalized spacial score (nSPS) is 8.94. The Morgan fingerprint density at radius 3 is 1.75 bits per heavy atom. The van der Waals surface area contributed by atoms with Crippen LogP contribution in [0.1, 0.15) is 16.7 Å². The van der Waals surface area contributed by atoms with Gasteiger partial charge in [0.2, 0.25) is 0 Å². The fourth-order valence-corrected chi connectivity index (χ4v) is 0.977. The van der Waals surface area contributed by atoms with E-state index in [2.05, 4.69) is 26.8 Å². The molecule has 0 saturated carbocycles. The lowest BCUT2D eigenvalue weighted by molar-refractivity contribution is -0.159. The van der Waals surface area contributed by atoms with Crippen molar-refractivity contribution in [2.24, 2.45) is 0 Å². The number of carboxylic acid groups (broad SMARTS) is 2. The van der Waals surface area contributed by atoms with Crippen molar-refractivity contribution in [1.29, 1.82) is 0 Å². The maximum Gasteiger partial charge on any atom is 0.414 e. The Morgan fingerprint density at radius 2 is 1.44 bits per heavy atom. The molecule has 0 aromatic heterocycles. The minimum atomic E-state index is -1.82. The Bertz CT molecular complexity index is 374. The fraction of sp³-hybridized carbons (Fsp3) is 0.273. The van der Waals surface area contributed by atoms with Crippen molar-refractivity contribution in [2.75, 3.05) is 5.73 Å². The number of benzene rings is 1. The molecule has 0 bridgehead atoms. The number of nitrogen functional groups attached to an aromatic ring is 1. The Labute approximate surface area is 93.5 Å². The summed E-state index contributed by atoms with van der Waals surface area (Å²) in [5, 5.41) is 14.8. The van der Waals surface area contributed by atoms with Crippen molar-refractivity contribution in [2.45, 2.75) is 20.8 Å². The van der Waals surface area contributed by atoms with Gasteiger partial charge in [0.15, 0.2) is 0 Å². The number of carboxylic acids is 2. The van der Waals surface area contributed by atoms with Gasteiger partial charge in [-0.05, 0) is 43.5 Å². The Kier molecular flexibility index (Phi) is 5.01. The molecule has 0 amide bonds. The number of nitrogens with two attached hydrogens (primary N) is 1. The third-order valence-electron chi connectivity index (χ3n) is 2.28. The van der Waals surface area contributed by atoms with E-state index in [-0.39, 0.29) is 0 Å². The van der Waals surface area contributed by atoms with Crippen LogP contribution in [0.3, 0.4) is 0 Å². The first-order chi connectivity index (χ1) is 7.27. The summed E-state index contributed by atoms with van der Waals surface area (Å²) < 4.78 is 0. The van der Waals surface area contributed by atoms with Crippen molar-refractivity contribution in [3.63, 3.8) is 0 Å². The summed E-state index contributed by atoms with van der Waals surface area (Å²) in [6, 6.07) is 4.01. The van der Waals surface area contributed by atoms with E-state index < -0.39 is 11.9 Å². The molecule has 5 heteroatoms. The van der Waals surface area contributed by atoms with Gasteiger partial charge < -0.3 is 15.9 Å². The zero-order chi connectivity index (χ0) is 12.9. The highest BCUT2D eigenvalue weighted by atomic mass is 16.4. The maximum atomic E-state index is 9.10. The summed E-state index contributed by atoms with van der Waals surface area (Å²) >= 11 is 0. The molecule has 0 aliphatic rings. The Balaban J connectivity index is 0.000000325. The summed E-state index contributed by atoms with van der Waals surface area (Å²) in [5.74, 6) is -3.65. The third kappa shape index (κ3) is 4.00. The highest BCUT2D eigenvalue weighted by Gasteiger charge is 2.04. The average molecular weight is 225 g/mol. The van der Waals surface area contributed by atoms with Crippen molar-refractivity contribution in [1.82, 2.24) is 0 Å². The number of aliphatic carboxylic acids is 2. The van der Waals surface area contributed by atoms with Gasteiger partial charge in [0, 0.05) is 5.69 Å². The van der Waals surface area contributed by atoms with Crippen LogP contribution in [0.25, 0.3) is 0 Å². The number of carbonyl (C=O) groups is 2. The van der Waals surface area contributed by atoms with Gasteiger partial charge in [-0.3, -0.25) is 0 Å². The first-order valence-corrected chi connectivity index (χ1v) is 4.55. The molecule has 4 N–H and O–H groups in total. The van der Waals surface area contributed by atoms with Gasteiger partial charge in [0.1, 0.15) is 0 Å². The maximum absolute atomic E-state index is 9.10. The lowest BCUT2D eigenvalue weighted by atomic mass is 10.0. The summed E-state index contributed by atoms with van der Waals surface area (Å²) in [7, 11) is 0. The zero-order valence-electron chi connectivity index (χ0n) is 9.44. The molecule has 0 spiro atoms. The minimum absolute atomic E-state index is 0.892. The van der Waals surface area contributed by atoms with Crippen LogP contribution in [0.15, 0.2) is 12.1 Å². The van der Waals surface area contributed by atoms with Crippen LogP contribution in [0.5, 0.6) is 0 Å². The molecule has 16 heavy (non-hydrogen) atoms. The van der Waals surface area contributed by atoms with Gasteiger partial charge in [-0.2, -0.15) is 0 Å². The number of hydrogen-bond acceptors (Lipinski definition) is 3. The molecular weight excluding hydrogens is 210 g/mol. The lowest BCUT2D eigenvalue weighted by Gasteiger charge is -2.05. The summed E-state index contributed by atoms with van der Waals surface area (Å²) in [6.07, 6.45) is 0. The second kappa shape index (κ2) is 5.75. The van der Waals surface area contributed by atoms with Gasteiger partial charge in [-0.1, -0.05) is 6.07 Å². The van der Waals surface area contributed by atoms with E-state index in [0.29, 0.717) is 0 Å². The number of rotatable bonds is 0. The number of aryl methyl sites for hydroxylation is 1. The molecule has 5 nitrogen and oxygen atoms in total. The van der Waals surface area contributed by atoms with Crippen molar-refractivity contribution in [3.05, 3.63) is 28.8 Å². The van der Waals surface area contributed by atoms with Crippen LogP contribution in [0.2, 0.25) is 0 Å². The van der Waals surface area contributed by atoms with E-state index >= 15 is 0 Å². The number of hydrogen-bond donors (Lipinski definition) is 3. The molecule has 1 rings (SSSR count). The van der Waals surface area contributed by atoms with Gasteiger partial charge in [0.05, 0.1) is 0 Å². The minimum Gasteiger partial charge on any atom is -0.473 e. The van der Waals surface area contributed by atoms with Gasteiger partial charge in [0.25, 0.3) is 0 Å². The van der Waals surface area contributed by atoms with E-state index in [0.717, 1.165) is 5.69 Å². The van der Waals surface area contributed by atoms with Gasteiger partial charge >= 0.3 is 11.9 Å². The van der Waals surface area contributed by atoms with Crippen LogP contribution in [0, 0.1) is 20.8 Å². The van der Waals surface area contributed by atoms with Crippen LogP contribution in [-0.2, 0) is 9.59 Å². The third-order valence-corrected chi connectivity index (χ3v) is 2.28. The zero-order valence-corrected chi connectivity index (χ0v) is 9.44. The summed E-state index contributed by atoms with van der Waals surface area (Å²) in [4.78, 5) is 18.2. The SMILES string of the molecule is Cc1ccc(N)c(C)c1C.O=C(O)C(=O)O. The second-order valence-corrected chi connectivity index (χ2v) is 3.33. The molecule has 0 aliphatic carbocycles. The highest BCUT2D eigenvalue weighted by Crippen LogP contribution is 2.17. The van der Waals surface area contributed by atoms with E-state index in [1.165, 1.54) is 16.7 Å². The fourth-order valence-electron chi connectivity index (χ4n) is 0.977. The second-order valence-electron chi connectivity index (χ2n) is 3.33. The average Bonchev–Trinajstić information content (AvgIpc) is 2.21. The van der Waals surface area contributed by atoms with Crippen molar-refractivity contribution in [3.8, 4) is 0 Å². The van der Waals surface area contributed by atoms with E-state index in [1.807, 2.05) is 6.07 Å². The molecule has 0 saturated heterocycles. The molecule has 88 valence electrons. The molecule has 1 aromatic rings. The van der Waals surface area contributed by atoms with E-state index in [4.69, 9.17) is 25.5 Å². The summed E-state index contributed by atoms with van der Waals surface area (Å²) in [5.41, 5.74) is 10.4. The lowest BCUT2D eigenvalue weighted by Crippen LogP contribution is -2.09. The molecule has 0 unspecified atom stereocenters. The van der Waals surface area contributed by atoms with Gasteiger partial charge in [-0.25, -0.2) is 9.59 Å². The highest BCUT2D eigenvalue weighted by molar-refractivity contribution is 6.27. The topological polar surface area (TPSA) is 101 Å². The largest absolute Gasteiger partial charge is 0.473 e. The first kappa shape index (κ1) is 14.0. The molecular formula is C11H15NO4. The van der Waals surface area contributed by atoms with E-state index in [1.54, 1.807) is 0 Å². The molecule has 0 aliphatic heterocycles. The van der Waals surface area contributed by atoms with Crippen LogP contribution in [-0.4, -0.2) is 22.2 Å². The molecule has 0 radical (unpaired) electrons. The molecule has 0 heterocycles. The smallest absolute Gasteiger partial charge is 0.414 e. The standard InChI is InChI=1S/C9H13N.C2H2O4/c1-6-4-5-9(10)8(3)7(6)2;3-1(4)2(5)6/h4-5H,10H2,1-3H3;(H,3,4)(H,5,6). The Morgan fingerprint density at radius 1 is 1.00 bits per heavy atom. The van der Waals surface area contributed by atoms with Crippen LogP contribution < -0.4 is 5.73 Å². The number of anilines is 1. The first-order valence-electron chi connectivity index (χ1n) is 4.55. The quantitative estimate of drug-likeness (QED) is 0.457. The monoisotopic (exact) mass is 225 g/mol.